The Labute approximate surface area is 117 Å². The van der Waals surface area contributed by atoms with Crippen molar-refractivity contribution < 1.29 is 9.66 Å². The second-order valence-electron chi connectivity index (χ2n) is 5.50. The van der Waals surface area contributed by atoms with Gasteiger partial charge in [-0.25, -0.2) is 0 Å². The van der Waals surface area contributed by atoms with E-state index in [0.717, 1.165) is 25.6 Å². The van der Waals surface area contributed by atoms with Crippen molar-refractivity contribution in [2.45, 2.75) is 31.3 Å². The summed E-state index contributed by atoms with van der Waals surface area (Å²) in [5.74, 6) is 0.653. The van der Waals surface area contributed by atoms with E-state index >= 15 is 0 Å². The summed E-state index contributed by atoms with van der Waals surface area (Å²) in [7, 11) is 1.58. The maximum atomic E-state index is 10.9. The highest BCUT2D eigenvalue weighted by atomic mass is 16.6. The third-order valence-electron chi connectivity index (χ3n) is 4.04. The molecule has 1 aliphatic carbocycles. The molecule has 1 N–H and O–H groups in total. The third-order valence-corrected chi connectivity index (χ3v) is 4.04. The number of nitro benzene ring substituents is 1. The Kier molecular flexibility index (Phi) is 3.48. The van der Waals surface area contributed by atoms with E-state index in [9.17, 15) is 10.1 Å². The van der Waals surface area contributed by atoms with E-state index in [0.29, 0.717) is 17.5 Å². The summed E-state index contributed by atoms with van der Waals surface area (Å²) < 4.78 is 5.28. The van der Waals surface area contributed by atoms with Crippen LogP contribution in [0.3, 0.4) is 0 Å². The number of nitrogens with zero attached hydrogens (tertiary/aromatic N) is 2. The minimum absolute atomic E-state index is 0.0883. The van der Waals surface area contributed by atoms with Crippen molar-refractivity contribution in [2.75, 3.05) is 25.5 Å². The average Bonchev–Trinajstić information content (AvgIpc) is 3.19. The zero-order valence-corrected chi connectivity index (χ0v) is 11.5. The van der Waals surface area contributed by atoms with Gasteiger partial charge in [-0.15, -0.1) is 0 Å². The Hall–Kier alpha value is -1.82. The topological polar surface area (TPSA) is 67.6 Å². The number of non-ortho nitro benzene ring substituents is 1. The molecule has 0 spiro atoms. The van der Waals surface area contributed by atoms with Crippen LogP contribution >= 0.6 is 0 Å². The quantitative estimate of drug-likeness (QED) is 0.660. The number of benzene rings is 1. The van der Waals surface area contributed by atoms with E-state index < -0.39 is 0 Å². The number of nitrogens with one attached hydrogen (secondary N) is 1. The molecule has 1 saturated heterocycles. The van der Waals surface area contributed by atoms with Crippen LogP contribution in [0.5, 0.6) is 5.75 Å². The number of hydrogen-bond donors (Lipinski definition) is 1. The SMILES string of the molecule is COc1ccc([N+](=O)[O-])cc1NC1CCN(C2CC2)C1. The first kappa shape index (κ1) is 13.2. The molecule has 20 heavy (non-hydrogen) atoms. The lowest BCUT2D eigenvalue weighted by molar-refractivity contribution is -0.384. The maximum Gasteiger partial charge on any atom is 0.271 e. The van der Waals surface area contributed by atoms with Gasteiger partial charge in [-0.3, -0.25) is 15.0 Å². The van der Waals surface area contributed by atoms with Gasteiger partial charge in [0.2, 0.25) is 0 Å². The maximum absolute atomic E-state index is 10.9. The molecule has 1 heterocycles. The average molecular weight is 277 g/mol. The normalized spacial score (nSPS) is 22.8. The molecule has 0 amide bonds. The number of nitro groups is 1. The molecule has 3 rings (SSSR count). The highest BCUT2D eigenvalue weighted by Crippen LogP contribution is 2.33. The molecular formula is C14H19N3O3. The summed E-state index contributed by atoms with van der Waals surface area (Å²) in [6.45, 7) is 2.12. The number of likely N-dealkylation sites (tertiary alicyclic amines) is 1. The van der Waals surface area contributed by atoms with E-state index in [2.05, 4.69) is 10.2 Å². The van der Waals surface area contributed by atoms with Crippen LogP contribution in [0.4, 0.5) is 11.4 Å². The molecule has 2 fully saturated rings. The predicted molar refractivity (Wildman–Crippen MR) is 76.3 cm³/mol. The molecule has 1 atom stereocenters. The molecule has 6 heteroatoms. The van der Waals surface area contributed by atoms with Gasteiger partial charge in [0.15, 0.2) is 0 Å². The zero-order chi connectivity index (χ0) is 14.1. The van der Waals surface area contributed by atoms with Crippen LogP contribution in [-0.4, -0.2) is 42.1 Å². The van der Waals surface area contributed by atoms with Gasteiger partial charge in [-0.05, 0) is 25.3 Å². The van der Waals surface area contributed by atoms with Gasteiger partial charge in [0.05, 0.1) is 17.7 Å². The number of ether oxygens (including phenoxy) is 1. The molecule has 108 valence electrons. The molecule has 1 saturated carbocycles. The fourth-order valence-corrected chi connectivity index (χ4v) is 2.82. The Morgan fingerprint density at radius 3 is 2.85 bits per heavy atom. The molecule has 1 aromatic rings. The van der Waals surface area contributed by atoms with Crippen LogP contribution in [0.2, 0.25) is 0 Å². The number of rotatable bonds is 5. The number of anilines is 1. The third kappa shape index (κ3) is 2.70. The lowest BCUT2D eigenvalue weighted by Crippen LogP contribution is -2.27. The van der Waals surface area contributed by atoms with Crippen LogP contribution in [-0.2, 0) is 0 Å². The highest BCUT2D eigenvalue weighted by molar-refractivity contribution is 5.62. The van der Waals surface area contributed by atoms with Crippen LogP contribution < -0.4 is 10.1 Å². The van der Waals surface area contributed by atoms with E-state index in [1.807, 2.05) is 0 Å². The molecule has 1 aromatic carbocycles. The molecule has 1 aliphatic heterocycles. The standard InChI is InChI=1S/C14H19N3O3/c1-20-14-5-4-12(17(18)19)8-13(14)15-10-6-7-16(9-10)11-2-3-11/h4-5,8,10-11,15H,2-3,6-7,9H2,1H3. The van der Waals surface area contributed by atoms with E-state index in [4.69, 9.17) is 4.74 Å². The van der Waals surface area contributed by atoms with E-state index in [1.54, 1.807) is 19.2 Å². The Balaban J connectivity index is 1.72. The van der Waals surface area contributed by atoms with Crippen LogP contribution in [0, 0.1) is 10.1 Å². The molecule has 0 bridgehead atoms. The van der Waals surface area contributed by atoms with Crippen molar-refractivity contribution in [3.8, 4) is 5.75 Å². The van der Waals surface area contributed by atoms with Crippen LogP contribution in [0.15, 0.2) is 18.2 Å². The Morgan fingerprint density at radius 2 is 2.20 bits per heavy atom. The number of hydrogen-bond acceptors (Lipinski definition) is 5. The molecule has 0 aromatic heterocycles. The van der Waals surface area contributed by atoms with Gasteiger partial charge in [-0.2, -0.15) is 0 Å². The summed E-state index contributed by atoms with van der Waals surface area (Å²) in [6.07, 6.45) is 3.70. The molecule has 1 unspecified atom stereocenters. The summed E-state index contributed by atoms with van der Waals surface area (Å²) in [5.41, 5.74) is 0.801. The predicted octanol–water partition coefficient (Wildman–Crippen LogP) is 2.25. The lowest BCUT2D eigenvalue weighted by Gasteiger charge is -2.18. The van der Waals surface area contributed by atoms with Crippen molar-refractivity contribution in [2.24, 2.45) is 0 Å². The first-order valence-corrected chi connectivity index (χ1v) is 7.00. The van der Waals surface area contributed by atoms with Gasteiger partial charge >= 0.3 is 0 Å². The second kappa shape index (κ2) is 5.28. The minimum atomic E-state index is -0.379. The second-order valence-corrected chi connectivity index (χ2v) is 5.50. The van der Waals surface area contributed by atoms with Gasteiger partial charge in [0.25, 0.3) is 5.69 Å². The molecule has 0 radical (unpaired) electrons. The summed E-state index contributed by atoms with van der Waals surface area (Å²) >= 11 is 0. The lowest BCUT2D eigenvalue weighted by atomic mass is 10.2. The van der Waals surface area contributed by atoms with Crippen molar-refractivity contribution in [3.05, 3.63) is 28.3 Å². The van der Waals surface area contributed by atoms with E-state index in [1.165, 1.54) is 18.9 Å². The van der Waals surface area contributed by atoms with Crippen molar-refractivity contribution in [1.82, 2.24) is 4.90 Å². The van der Waals surface area contributed by atoms with Crippen LogP contribution in [0.25, 0.3) is 0 Å². The summed E-state index contributed by atoms with van der Waals surface area (Å²) in [4.78, 5) is 13.0. The van der Waals surface area contributed by atoms with Crippen molar-refractivity contribution >= 4 is 11.4 Å². The number of methoxy groups -OCH3 is 1. The Morgan fingerprint density at radius 1 is 1.40 bits per heavy atom. The molecule has 2 aliphatic rings. The highest BCUT2D eigenvalue weighted by Gasteiger charge is 2.34. The summed E-state index contributed by atoms with van der Waals surface area (Å²) in [6, 6.07) is 5.78. The van der Waals surface area contributed by atoms with Crippen molar-refractivity contribution in [1.29, 1.82) is 0 Å². The van der Waals surface area contributed by atoms with Crippen LogP contribution in [0.1, 0.15) is 19.3 Å². The Bertz CT molecular complexity index is 516. The first-order valence-electron chi connectivity index (χ1n) is 7.00. The largest absolute Gasteiger partial charge is 0.495 e. The molecular weight excluding hydrogens is 258 g/mol. The smallest absolute Gasteiger partial charge is 0.271 e. The minimum Gasteiger partial charge on any atom is -0.495 e. The molecule has 6 nitrogen and oxygen atoms in total. The summed E-state index contributed by atoms with van der Waals surface area (Å²) in [5, 5.41) is 14.3. The van der Waals surface area contributed by atoms with Gasteiger partial charge in [0, 0.05) is 37.3 Å². The van der Waals surface area contributed by atoms with Gasteiger partial charge in [0.1, 0.15) is 5.75 Å². The fraction of sp³-hybridized carbons (Fsp3) is 0.571. The monoisotopic (exact) mass is 277 g/mol. The zero-order valence-electron chi connectivity index (χ0n) is 11.5. The van der Waals surface area contributed by atoms with Crippen molar-refractivity contribution in [3.63, 3.8) is 0 Å². The van der Waals surface area contributed by atoms with E-state index in [-0.39, 0.29) is 10.6 Å². The first-order chi connectivity index (χ1) is 9.67. The van der Waals surface area contributed by atoms with Gasteiger partial charge < -0.3 is 10.1 Å². The fourth-order valence-electron chi connectivity index (χ4n) is 2.82. The van der Waals surface area contributed by atoms with Gasteiger partial charge in [-0.1, -0.05) is 0 Å².